The lowest BCUT2D eigenvalue weighted by Gasteiger charge is -2.35. The van der Waals surface area contributed by atoms with E-state index in [9.17, 15) is 13.2 Å². The van der Waals surface area contributed by atoms with Crippen molar-refractivity contribution in [3.8, 4) is 0 Å². The first-order chi connectivity index (χ1) is 11.5. The minimum absolute atomic E-state index is 0.0548. The van der Waals surface area contributed by atoms with Gasteiger partial charge in [-0.3, -0.25) is 4.79 Å². The molecular weight excluding hydrogens is 348 g/mol. The molecule has 2 heterocycles. The third-order valence-electron chi connectivity index (χ3n) is 4.93. The van der Waals surface area contributed by atoms with Gasteiger partial charge >= 0.3 is 0 Å². The van der Waals surface area contributed by atoms with Crippen LogP contribution < -0.4 is 0 Å². The van der Waals surface area contributed by atoms with Gasteiger partial charge < -0.3 is 4.90 Å². The third-order valence-corrected chi connectivity index (χ3v) is 7.32. The molecule has 0 saturated carbocycles. The predicted molar refractivity (Wildman–Crippen MR) is 93.4 cm³/mol. The molecule has 3 rings (SSSR count). The highest BCUT2D eigenvalue weighted by Gasteiger charge is 2.34. The second-order valence-corrected chi connectivity index (χ2v) is 8.81. The van der Waals surface area contributed by atoms with Crippen molar-refractivity contribution in [3.05, 3.63) is 29.3 Å². The van der Waals surface area contributed by atoms with Crippen molar-refractivity contribution in [2.24, 2.45) is 5.92 Å². The molecule has 7 heteroatoms. The van der Waals surface area contributed by atoms with Crippen LogP contribution in [0.25, 0.3) is 0 Å². The summed E-state index contributed by atoms with van der Waals surface area (Å²) in [6.07, 6.45) is 4.51. The SMILES string of the molecule is O=C(C1CCN(S(=O)(=O)c2ccccc2Cl)CC1)N1CCCCC1. The van der Waals surface area contributed by atoms with Gasteiger partial charge in [0.25, 0.3) is 0 Å². The Bertz CT molecular complexity index is 694. The van der Waals surface area contributed by atoms with Crippen molar-refractivity contribution >= 4 is 27.5 Å². The monoisotopic (exact) mass is 370 g/mol. The van der Waals surface area contributed by atoms with Crippen LogP contribution in [0.2, 0.25) is 5.02 Å². The number of nitrogens with zero attached hydrogens (tertiary/aromatic N) is 2. The summed E-state index contributed by atoms with van der Waals surface area (Å²) >= 11 is 6.04. The standard InChI is InChI=1S/C17H23ClN2O3S/c18-15-6-2-3-7-16(15)24(22,23)20-12-8-14(9-13-20)17(21)19-10-4-1-5-11-19/h2-3,6-7,14H,1,4-5,8-13H2. The zero-order valence-electron chi connectivity index (χ0n) is 13.7. The fraction of sp³-hybridized carbons (Fsp3) is 0.588. The Labute approximate surface area is 148 Å². The summed E-state index contributed by atoms with van der Waals surface area (Å²) in [5.41, 5.74) is 0. The molecule has 2 aliphatic heterocycles. The Morgan fingerprint density at radius 1 is 1.00 bits per heavy atom. The van der Waals surface area contributed by atoms with Crippen molar-refractivity contribution in [1.29, 1.82) is 0 Å². The molecular formula is C17H23ClN2O3S. The van der Waals surface area contributed by atoms with Gasteiger partial charge in [0, 0.05) is 32.1 Å². The van der Waals surface area contributed by atoms with Crippen LogP contribution in [0, 0.1) is 5.92 Å². The molecule has 2 saturated heterocycles. The molecule has 0 radical (unpaired) electrons. The molecule has 2 aliphatic rings. The molecule has 0 bridgehead atoms. The van der Waals surface area contributed by atoms with Crippen LogP contribution in [0.3, 0.4) is 0 Å². The zero-order valence-corrected chi connectivity index (χ0v) is 15.2. The molecule has 132 valence electrons. The Morgan fingerprint density at radius 2 is 1.62 bits per heavy atom. The van der Waals surface area contributed by atoms with E-state index in [4.69, 9.17) is 11.6 Å². The van der Waals surface area contributed by atoms with E-state index in [1.165, 1.54) is 16.8 Å². The number of hydrogen-bond acceptors (Lipinski definition) is 3. The molecule has 24 heavy (non-hydrogen) atoms. The number of hydrogen-bond donors (Lipinski definition) is 0. The number of amides is 1. The minimum Gasteiger partial charge on any atom is -0.342 e. The second kappa shape index (κ2) is 7.42. The Balaban J connectivity index is 1.64. The molecule has 5 nitrogen and oxygen atoms in total. The lowest BCUT2D eigenvalue weighted by Crippen LogP contribution is -2.45. The summed E-state index contributed by atoms with van der Waals surface area (Å²) in [6.45, 7) is 2.43. The van der Waals surface area contributed by atoms with Gasteiger partial charge in [-0.2, -0.15) is 4.31 Å². The summed E-state index contributed by atoms with van der Waals surface area (Å²) in [4.78, 5) is 14.7. The van der Waals surface area contributed by atoms with Crippen LogP contribution in [0.15, 0.2) is 29.2 Å². The van der Waals surface area contributed by atoms with Crippen LogP contribution in [-0.2, 0) is 14.8 Å². The molecule has 0 spiro atoms. The van der Waals surface area contributed by atoms with E-state index in [2.05, 4.69) is 0 Å². The molecule has 2 fully saturated rings. The average Bonchev–Trinajstić information content (AvgIpc) is 2.62. The number of rotatable bonds is 3. The topological polar surface area (TPSA) is 57.7 Å². The Hall–Kier alpha value is -1.11. The van der Waals surface area contributed by atoms with Gasteiger partial charge in [-0.05, 0) is 44.2 Å². The van der Waals surface area contributed by atoms with Gasteiger partial charge in [-0.15, -0.1) is 0 Å². The first-order valence-electron chi connectivity index (χ1n) is 8.53. The number of benzene rings is 1. The van der Waals surface area contributed by atoms with Crippen molar-refractivity contribution in [2.45, 2.75) is 37.0 Å². The fourth-order valence-electron chi connectivity index (χ4n) is 3.51. The first-order valence-corrected chi connectivity index (χ1v) is 10.4. The van der Waals surface area contributed by atoms with Gasteiger partial charge in [-0.25, -0.2) is 8.42 Å². The Kier molecular flexibility index (Phi) is 5.47. The summed E-state index contributed by atoms with van der Waals surface area (Å²) in [6, 6.07) is 6.50. The molecule has 0 unspecified atom stereocenters. The molecule has 1 aromatic rings. The minimum atomic E-state index is -3.59. The van der Waals surface area contributed by atoms with Crippen molar-refractivity contribution in [2.75, 3.05) is 26.2 Å². The summed E-state index contributed by atoms with van der Waals surface area (Å²) < 4.78 is 26.9. The quantitative estimate of drug-likeness (QED) is 0.822. The number of piperidine rings is 2. The van der Waals surface area contributed by atoms with Crippen molar-refractivity contribution in [1.82, 2.24) is 9.21 Å². The average molecular weight is 371 g/mol. The van der Waals surface area contributed by atoms with E-state index < -0.39 is 10.0 Å². The lowest BCUT2D eigenvalue weighted by atomic mass is 9.95. The zero-order chi connectivity index (χ0) is 17.2. The van der Waals surface area contributed by atoms with Crippen LogP contribution in [0.5, 0.6) is 0 Å². The first kappa shape index (κ1) is 17.7. The van der Waals surface area contributed by atoms with Crippen LogP contribution >= 0.6 is 11.6 Å². The maximum Gasteiger partial charge on any atom is 0.244 e. The molecule has 1 aromatic carbocycles. The highest BCUT2D eigenvalue weighted by molar-refractivity contribution is 7.89. The van der Waals surface area contributed by atoms with E-state index in [1.54, 1.807) is 18.2 Å². The third kappa shape index (κ3) is 3.60. The van der Waals surface area contributed by atoms with Crippen molar-refractivity contribution in [3.63, 3.8) is 0 Å². The normalized spacial score (nSPS) is 21.0. The largest absolute Gasteiger partial charge is 0.342 e. The molecule has 0 N–H and O–H groups in total. The maximum atomic E-state index is 12.7. The van der Waals surface area contributed by atoms with E-state index in [0.717, 1.165) is 25.9 Å². The lowest BCUT2D eigenvalue weighted by molar-refractivity contribution is -0.137. The van der Waals surface area contributed by atoms with Gasteiger partial charge in [0.05, 0.1) is 5.02 Å². The Morgan fingerprint density at radius 3 is 2.25 bits per heavy atom. The molecule has 1 amide bonds. The van der Waals surface area contributed by atoms with E-state index in [0.29, 0.717) is 25.9 Å². The molecule has 0 aliphatic carbocycles. The van der Waals surface area contributed by atoms with Gasteiger partial charge in [0.2, 0.25) is 15.9 Å². The number of halogens is 1. The highest BCUT2D eigenvalue weighted by Crippen LogP contribution is 2.29. The molecule has 0 aromatic heterocycles. The van der Waals surface area contributed by atoms with E-state index >= 15 is 0 Å². The highest BCUT2D eigenvalue weighted by atomic mass is 35.5. The molecule has 0 atom stereocenters. The number of carbonyl (C=O) groups is 1. The van der Waals surface area contributed by atoms with Crippen LogP contribution in [-0.4, -0.2) is 49.7 Å². The fourth-order valence-corrected chi connectivity index (χ4v) is 5.47. The number of carbonyl (C=O) groups excluding carboxylic acids is 1. The predicted octanol–water partition coefficient (Wildman–Crippen LogP) is 2.75. The van der Waals surface area contributed by atoms with Crippen LogP contribution in [0.4, 0.5) is 0 Å². The van der Waals surface area contributed by atoms with E-state index in [-0.39, 0.29) is 21.7 Å². The van der Waals surface area contributed by atoms with E-state index in [1.807, 2.05) is 4.90 Å². The van der Waals surface area contributed by atoms with Gasteiger partial charge in [0.15, 0.2) is 0 Å². The van der Waals surface area contributed by atoms with Gasteiger partial charge in [0.1, 0.15) is 4.90 Å². The smallest absolute Gasteiger partial charge is 0.244 e. The summed E-state index contributed by atoms with van der Waals surface area (Å²) in [5, 5.41) is 0.240. The number of likely N-dealkylation sites (tertiary alicyclic amines) is 1. The van der Waals surface area contributed by atoms with Crippen molar-refractivity contribution < 1.29 is 13.2 Å². The number of sulfonamides is 1. The summed E-state index contributed by atoms with van der Waals surface area (Å²) in [5.74, 6) is 0.144. The summed E-state index contributed by atoms with van der Waals surface area (Å²) in [7, 11) is -3.59. The maximum absolute atomic E-state index is 12.7. The second-order valence-electron chi connectivity index (χ2n) is 6.49. The van der Waals surface area contributed by atoms with Crippen LogP contribution in [0.1, 0.15) is 32.1 Å². The van der Waals surface area contributed by atoms with Gasteiger partial charge in [-0.1, -0.05) is 23.7 Å².